The van der Waals surface area contributed by atoms with E-state index in [2.05, 4.69) is 5.43 Å². The van der Waals surface area contributed by atoms with Gasteiger partial charge in [0, 0.05) is 14.1 Å². The maximum atomic E-state index is 10.6. The molecule has 0 saturated heterocycles. The molecule has 0 aromatic rings. The van der Waals surface area contributed by atoms with Gasteiger partial charge in [-0.05, 0) is 13.0 Å². The summed E-state index contributed by atoms with van der Waals surface area (Å²) in [7, 11) is 3.53. The number of nitrogens with one attached hydrogen (secondary N) is 1. The molecule has 0 bridgehead atoms. The SMILES string of the molecule is CC=CC(=O)NN(C)C. The zero-order valence-corrected chi connectivity index (χ0v) is 6.01. The van der Waals surface area contributed by atoms with Gasteiger partial charge in [-0.2, -0.15) is 0 Å². The fraction of sp³-hybridized carbons (Fsp3) is 0.500. The smallest absolute Gasteiger partial charge is 0.257 e. The number of carbonyl (C=O) groups is 1. The van der Waals surface area contributed by atoms with Crippen molar-refractivity contribution in [2.75, 3.05) is 14.1 Å². The van der Waals surface area contributed by atoms with Crippen LogP contribution in [0.5, 0.6) is 0 Å². The Balaban J connectivity index is 3.51. The fourth-order valence-electron chi connectivity index (χ4n) is 0.409. The van der Waals surface area contributed by atoms with Crippen LogP contribution in [0.4, 0.5) is 0 Å². The van der Waals surface area contributed by atoms with Crippen LogP contribution in [-0.2, 0) is 4.79 Å². The van der Waals surface area contributed by atoms with Gasteiger partial charge in [0.15, 0.2) is 0 Å². The van der Waals surface area contributed by atoms with Crippen molar-refractivity contribution >= 4 is 5.91 Å². The van der Waals surface area contributed by atoms with Crippen molar-refractivity contribution in [1.29, 1.82) is 0 Å². The highest BCUT2D eigenvalue weighted by Crippen LogP contribution is 1.71. The van der Waals surface area contributed by atoms with Crippen LogP contribution < -0.4 is 5.43 Å². The lowest BCUT2D eigenvalue weighted by Crippen LogP contribution is -2.34. The second-order valence-electron chi connectivity index (χ2n) is 1.87. The van der Waals surface area contributed by atoms with Crippen molar-refractivity contribution < 1.29 is 4.79 Å². The summed E-state index contributed by atoms with van der Waals surface area (Å²) in [5.74, 6) is -0.0949. The molecule has 3 nitrogen and oxygen atoms in total. The minimum absolute atomic E-state index is 0.0949. The molecule has 0 spiro atoms. The van der Waals surface area contributed by atoms with E-state index in [1.54, 1.807) is 32.1 Å². The molecule has 0 rings (SSSR count). The monoisotopic (exact) mass is 128 g/mol. The van der Waals surface area contributed by atoms with Gasteiger partial charge in [-0.3, -0.25) is 10.2 Å². The highest BCUT2D eigenvalue weighted by Gasteiger charge is 1.91. The molecule has 0 heterocycles. The van der Waals surface area contributed by atoms with E-state index < -0.39 is 0 Å². The average Bonchev–Trinajstić information content (AvgIpc) is 1.63. The van der Waals surface area contributed by atoms with E-state index in [0.29, 0.717) is 0 Å². The summed E-state index contributed by atoms with van der Waals surface area (Å²) in [6, 6.07) is 0. The first-order valence-electron chi connectivity index (χ1n) is 2.77. The van der Waals surface area contributed by atoms with Crippen LogP contribution in [0.1, 0.15) is 6.92 Å². The number of hydrogen-bond donors (Lipinski definition) is 1. The standard InChI is InChI=1S/C6H12N2O/c1-4-5-6(9)7-8(2)3/h4-5H,1-3H3,(H,7,9). The second kappa shape index (κ2) is 4.09. The zero-order valence-electron chi connectivity index (χ0n) is 6.01. The van der Waals surface area contributed by atoms with E-state index in [0.717, 1.165) is 0 Å². The molecule has 0 aliphatic heterocycles. The summed E-state index contributed by atoms with van der Waals surface area (Å²) in [6.45, 7) is 1.80. The van der Waals surface area contributed by atoms with Gasteiger partial charge in [0.1, 0.15) is 0 Å². The van der Waals surface area contributed by atoms with Crippen LogP contribution >= 0.6 is 0 Å². The zero-order chi connectivity index (χ0) is 7.28. The largest absolute Gasteiger partial charge is 0.286 e. The average molecular weight is 128 g/mol. The van der Waals surface area contributed by atoms with Crippen molar-refractivity contribution in [3.8, 4) is 0 Å². The van der Waals surface area contributed by atoms with E-state index in [9.17, 15) is 4.79 Å². The maximum absolute atomic E-state index is 10.6. The Kier molecular flexibility index (Phi) is 3.71. The van der Waals surface area contributed by atoms with Crippen molar-refractivity contribution in [1.82, 2.24) is 10.4 Å². The molecule has 0 saturated carbocycles. The predicted octanol–water partition coefficient (Wildman–Crippen LogP) is 0.155. The van der Waals surface area contributed by atoms with E-state index in [1.807, 2.05) is 0 Å². The normalized spacial score (nSPS) is 10.7. The summed E-state index contributed by atoms with van der Waals surface area (Å²) < 4.78 is 0. The van der Waals surface area contributed by atoms with Crippen LogP contribution in [0.15, 0.2) is 12.2 Å². The Morgan fingerprint density at radius 1 is 1.56 bits per heavy atom. The number of hydrazine groups is 1. The van der Waals surface area contributed by atoms with Gasteiger partial charge < -0.3 is 0 Å². The Morgan fingerprint density at radius 3 is 2.44 bits per heavy atom. The van der Waals surface area contributed by atoms with Crippen LogP contribution in [-0.4, -0.2) is 25.0 Å². The van der Waals surface area contributed by atoms with E-state index in [1.165, 1.54) is 6.08 Å². The predicted molar refractivity (Wildman–Crippen MR) is 36.6 cm³/mol. The number of hydrogen-bond acceptors (Lipinski definition) is 2. The third-order valence-corrected chi connectivity index (χ3v) is 0.652. The van der Waals surface area contributed by atoms with Crippen LogP contribution in [0, 0.1) is 0 Å². The molecule has 52 valence electrons. The maximum Gasteiger partial charge on any atom is 0.257 e. The summed E-state index contributed by atoms with van der Waals surface area (Å²) in [6.07, 6.45) is 3.17. The van der Waals surface area contributed by atoms with Crippen molar-refractivity contribution in [2.45, 2.75) is 6.92 Å². The highest BCUT2D eigenvalue weighted by molar-refractivity contribution is 5.86. The highest BCUT2D eigenvalue weighted by atomic mass is 16.2. The van der Waals surface area contributed by atoms with E-state index in [-0.39, 0.29) is 5.91 Å². The number of allylic oxidation sites excluding steroid dienone is 1. The molecule has 1 N–H and O–H groups in total. The van der Waals surface area contributed by atoms with Gasteiger partial charge in [0.25, 0.3) is 5.91 Å². The van der Waals surface area contributed by atoms with E-state index in [4.69, 9.17) is 0 Å². The minimum Gasteiger partial charge on any atom is -0.286 e. The molecular formula is C6H12N2O. The molecule has 0 aromatic carbocycles. The summed E-state index contributed by atoms with van der Waals surface area (Å²) in [5.41, 5.74) is 2.55. The van der Waals surface area contributed by atoms with Gasteiger partial charge in [-0.25, -0.2) is 5.01 Å². The van der Waals surface area contributed by atoms with Crippen LogP contribution in [0.25, 0.3) is 0 Å². The molecule has 0 radical (unpaired) electrons. The Morgan fingerprint density at radius 2 is 2.11 bits per heavy atom. The van der Waals surface area contributed by atoms with Crippen LogP contribution in [0.2, 0.25) is 0 Å². The van der Waals surface area contributed by atoms with Crippen LogP contribution in [0.3, 0.4) is 0 Å². The number of carbonyl (C=O) groups excluding carboxylic acids is 1. The third kappa shape index (κ3) is 5.03. The summed E-state index contributed by atoms with van der Waals surface area (Å²) in [4.78, 5) is 10.6. The summed E-state index contributed by atoms with van der Waals surface area (Å²) >= 11 is 0. The van der Waals surface area contributed by atoms with Crippen molar-refractivity contribution in [3.05, 3.63) is 12.2 Å². The Hall–Kier alpha value is -0.830. The molecule has 1 amide bonds. The molecule has 0 unspecified atom stereocenters. The molecule has 0 aromatic heterocycles. The first-order valence-corrected chi connectivity index (χ1v) is 2.77. The van der Waals surface area contributed by atoms with E-state index >= 15 is 0 Å². The van der Waals surface area contributed by atoms with Gasteiger partial charge in [0.2, 0.25) is 0 Å². The lowest BCUT2D eigenvalue weighted by molar-refractivity contribution is -0.120. The Labute approximate surface area is 55.3 Å². The molecule has 0 aliphatic rings. The Bertz CT molecular complexity index is 118. The van der Waals surface area contributed by atoms with Gasteiger partial charge in [0.05, 0.1) is 0 Å². The lowest BCUT2D eigenvalue weighted by Gasteiger charge is -2.08. The summed E-state index contributed by atoms with van der Waals surface area (Å²) in [5, 5.41) is 1.60. The molecule has 0 fully saturated rings. The molecule has 9 heavy (non-hydrogen) atoms. The van der Waals surface area contributed by atoms with Gasteiger partial charge >= 0.3 is 0 Å². The lowest BCUT2D eigenvalue weighted by atomic mass is 10.5. The quantitative estimate of drug-likeness (QED) is 0.424. The molecular weight excluding hydrogens is 116 g/mol. The van der Waals surface area contributed by atoms with Crippen molar-refractivity contribution in [3.63, 3.8) is 0 Å². The third-order valence-electron chi connectivity index (χ3n) is 0.652. The topological polar surface area (TPSA) is 32.3 Å². The first-order chi connectivity index (χ1) is 4.16. The minimum atomic E-state index is -0.0949. The first kappa shape index (κ1) is 8.17. The molecule has 0 aliphatic carbocycles. The molecule has 3 heteroatoms. The molecule has 0 atom stereocenters. The second-order valence-corrected chi connectivity index (χ2v) is 1.87. The van der Waals surface area contributed by atoms with Gasteiger partial charge in [-0.15, -0.1) is 0 Å². The number of rotatable bonds is 2. The van der Waals surface area contributed by atoms with Gasteiger partial charge in [-0.1, -0.05) is 6.08 Å². The number of nitrogens with zero attached hydrogens (tertiary/aromatic N) is 1. The fourth-order valence-corrected chi connectivity index (χ4v) is 0.409. The van der Waals surface area contributed by atoms with Crippen molar-refractivity contribution in [2.24, 2.45) is 0 Å². The number of amides is 1.